The van der Waals surface area contributed by atoms with Crippen LogP contribution in [-0.4, -0.2) is 21.7 Å². The Balaban J connectivity index is 1.47. The van der Waals surface area contributed by atoms with Crippen molar-refractivity contribution in [2.75, 3.05) is 5.32 Å². The van der Waals surface area contributed by atoms with E-state index in [4.69, 9.17) is 11.6 Å². The van der Waals surface area contributed by atoms with E-state index in [0.29, 0.717) is 22.0 Å². The van der Waals surface area contributed by atoms with Gasteiger partial charge in [-0.1, -0.05) is 41.9 Å². The second-order valence-electron chi connectivity index (χ2n) is 7.13. The van der Waals surface area contributed by atoms with Crippen LogP contribution < -0.4 is 16.2 Å². The summed E-state index contributed by atoms with van der Waals surface area (Å²) in [7, 11) is 0. The van der Waals surface area contributed by atoms with Gasteiger partial charge in [-0.25, -0.2) is 19.3 Å². The Morgan fingerprint density at radius 1 is 0.912 bits per heavy atom. The summed E-state index contributed by atoms with van der Waals surface area (Å²) in [5.74, 6) is -0.971. The van der Waals surface area contributed by atoms with E-state index >= 15 is 0 Å². The van der Waals surface area contributed by atoms with Crippen molar-refractivity contribution in [3.8, 4) is 16.9 Å². The van der Waals surface area contributed by atoms with E-state index in [1.165, 1.54) is 30.3 Å². The zero-order chi connectivity index (χ0) is 23.9. The number of carbonyl (C=O) groups excluding carboxylic acids is 2. The molecular formula is C25H19ClFN5O2. The normalized spacial score (nSPS) is 10.8. The summed E-state index contributed by atoms with van der Waals surface area (Å²) < 4.78 is 14.7. The van der Waals surface area contributed by atoms with Gasteiger partial charge in [0, 0.05) is 34.1 Å². The minimum absolute atomic E-state index is 0.379. The largest absolute Gasteiger partial charge is 0.337 e. The van der Waals surface area contributed by atoms with Crippen molar-refractivity contribution in [1.82, 2.24) is 20.6 Å². The minimum Gasteiger partial charge on any atom is -0.307 e. The van der Waals surface area contributed by atoms with Gasteiger partial charge >= 0.3 is 6.03 Å². The minimum atomic E-state index is -0.674. The first kappa shape index (κ1) is 22.8. The third-order valence-corrected chi connectivity index (χ3v) is 4.95. The number of carbonyl (C=O) groups is 2. The summed E-state index contributed by atoms with van der Waals surface area (Å²) in [5.41, 5.74) is 7.94. The van der Waals surface area contributed by atoms with Crippen LogP contribution in [0.1, 0.15) is 5.56 Å². The highest BCUT2D eigenvalue weighted by atomic mass is 35.5. The van der Waals surface area contributed by atoms with Gasteiger partial charge in [-0.15, -0.1) is 0 Å². The lowest BCUT2D eigenvalue weighted by atomic mass is 10.1. The Morgan fingerprint density at radius 2 is 1.62 bits per heavy atom. The Bertz CT molecular complexity index is 1320. The third kappa shape index (κ3) is 5.87. The highest BCUT2D eigenvalue weighted by Gasteiger charge is 2.11. The molecule has 7 nitrogen and oxygen atoms in total. The molecule has 0 fully saturated rings. The Kier molecular flexibility index (Phi) is 7.00. The zero-order valence-corrected chi connectivity index (χ0v) is 18.5. The quantitative estimate of drug-likeness (QED) is 0.274. The van der Waals surface area contributed by atoms with Crippen molar-refractivity contribution in [1.29, 1.82) is 0 Å². The average Bonchev–Trinajstić information content (AvgIpc) is 3.28. The van der Waals surface area contributed by atoms with E-state index in [1.807, 2.05) is 42.5 Å². The number of benzene rings is 3. The lowest BCUT2D eigenvalue weighted by Gasteiger charge is -2.07. The maximum Gasteiger partial charge on any atom is 0.337 e. The van der Waals surface area contributed by atoms with E-state index < -0.39 is 17.8 Å². The molecule has 0 saturated heterocycles. The number of aromatic nitrogens is 2. The van der Waals surface area contributed by atoms with E-state index in [1.54, 1.807) is 29.1 Å². The predicted molar refractivity (Wildman–Crippen MR) is 130 cm³/mol. The first-order chi connectivity index (χ1) is 16.5. The standard InChI is InChI=1S/C25H19ClFN5O2/c26-19-9-6-17(7-10-19)24-18(16-32(31-24)22-4-2-1-3-5-22)8-15-23(33)29-30-25(34)28-21-13-11-20(27)12-14-21/h1-16H,(H,29,33)(H2,28,30,34)/b15-8+. The molecule has 0 bridgehead atoms. The first-order valence-corrected chi connectivity index (χ1v) is 10.6. The molecule has 3 amide bonds. The summed E-state index contributed by atoms with van der Waals surface area (Å²) in [6.45, 7) is 0. The van der Waals surface area contributed by atoms with Gasteiger partial charge in [0.2, 0.25) is 0 Å². The van der Waals surface area contributed by atoms with E-state index in [0.717, 1.165) is 11.3 Å². The highest BCUT2D eigenvalue weighted by Crippen LogP contribution is 2.26. The van der Waals surface area contributed by atoms with Crippen molar-refractivity contribution in [3.05, 3.63) is 108 Å². The zero-order valence-electron chi connectivity index (χ0n) is 17.7. The maximum absolute atomic E-state index is 13.0. The number of nitrogens with zero attached hydrogens (tertiary/aromatic N) is 2. The molecule has 0 aliphatic rings. The number of hydrogen-bond donors (Lipinski definition) is 3. The Labute approximate surface area is 199 Å². The molecule has 1 aromatic heterocycles. The van der Waals surface area contributed by atoms with Crippen LogP contribution >= 0.6 is 11.6 Å². The second-order valence-corrected chi connectivity index (χ2v) is 7.57. The lowest BCUT2D eigenvalue weighted by molar-refractivity contribution is -0.117. The topological polar surface area (TPSA) is 88.1 Å². The summed E-state index contributed by atoms with van der Waals surface area (Å²) in [5, 5.41) is 7.75. The van der Waals surface area contributed by atoms with Gasteiger partial charge in [0.15, 0.2) is 0 Å². The van der Waals surface area contributed by atoms with Crippen LogP contribution in [0.25, 0.3) is 23.0 Å². The monoisotopic (exact) mass is 475 g/mol. The fraction of sp³-hybridized carbons (Fsp3) is 0. The first-order valence-electron chi connectivity index (χ1n) is 10.2. The number of rotatable bonds is 5. The molecule has 4 aromatic rings. The number of hydrogen-bond acceptors (Lipinski definition) is 3. The molecule has 0 aliphatic carbocycles. The van der Waals surface area contributed by atoms with Crippen LogP contribution in [0.3, 0.4) is 0 Å². The molecule has 0 spiro atoms. The van der Waals surface area contributed by atoms with Crippen molar-refractivity contribution in [2.45, 2.75) is 0 Å². The number of hydrazine groups is 1. The number of amides is 3. The van der Waals surface area contributed by atoms with E-state index in [9.17, 15) is 14.0 Å². The van der Waals surface area contributed by atoms with Crippen molar-refractivity contribution < 1.29 is 14.0 Å². The second kappa shape index (κ2) is 10.5. The van der Waals surface area contributed by atoms with E-state index in [2.05, 4.69) is 21.3 Å². The Morgan fingerprint density at radius 3 is 2.32 bits per heavy atom. The van der Waals surface area contributed by atoms with Gasteiger partial charge in [0.1, 0.15) is 5.82 Å². The van der Waals surface area contributed by atoms with Crippen molar-refractivity contribution in [2.24, 2.45) is 0 Å². The molecular weight excluding hydrogens is 457 g/mol. The number of para-hydroxylation sites is 1. The van der Waals surface area contributed by atoms with Gasteiger partial charge < -0.3 is 5.32 Å². The van der Waals surface area contributed by atoms with Crippen LogP contribution in [0.2, 0.25) is 5.02 Å². The lowest BCUT2D eigenvalue weighted by Crippen LogP contribution is -2.43. The molecule has 34 heavy (non-hydrogen) atoms. The van der Waals surface area contributed by atoms with Crippen molar-refractivity contribution in [3.63, 3.8) is 0 Å². The summed E-state index contributed by atoms with van der Waals surface area (Å²) >= 11 is 6.01. The van der Waals surface area contributed by atoms with Crippen LogP contribution in [0, 0.1) is 5.82 Å². The van der Waals surface area contributed by atoms with Gasteiger partial charge in [-0.3, -0.25) is 10.2 Å². The molecule has 3 aromatic carbocycles. The van der Waals surface area contributed by atoms with E-state index in [-0.39, 0.29) is 0 Å². The molecule has 0 saturated carbocycles. The molecule has 0 aliphatic heterocycles. The van der Waals surface area contributed by atoms with Gasteiger partial charge in [0.05, 0.1) is 11.4 Å². The third-order valence-electron chi connectivity index (χ3n) is 4.70. The van der Waals surface area contributed by atoms with Crippen LogP contribution in [0.4, 0.5) is 14.9 Å². The van der Waals surface area contributed by atoms with Gasteiger partial charge in [-0.05, 0) is 54.6 Å². The summed E-state index contributed by atoms with van der Waals surface area (Å²) in [4.78, 5) is 24.2. The average molecular weight is 476 g/mol. The fourth-order valence-electron chi connectivity index (χ4n) is 3.08. The van der Waals surface area contributed by atoms with Crippen LogP contribution in [0.15, 0.2) is 91.1 Å². The number of urea groups is 1. The maximum atomic E-state index is 13.0. The molecule has 0 atom stereocenters. The molecule has 9 heteroatoms. The molecule has 3 N–H and O–H groups in total. The Hall–Kier alpha value is -4.43. The van der Waals surface area contributed by atoms with Crippen LogP contribution in [-0.2, 0) is 4.79 Å². The van der Waals surface area contributed by atoms with Crippen molar-refractivity contribution >= 4 is 35.3 Å². The number of nitrogens with one attached hydrogen (secondary N) is 3. The molecule has 4 rings (SSSR count). The number of halogens is 2. The number of anilines is 1. The molecule has 0 radical (unpaired) electrons. The SMILES string of the molecule is O=C(/C=C/c1cn(-c2ccccc2)nc1-c1ccc(Cl)cc1)NNC(=O)Nc1ccc(F)cc1. The van der Waals surface area contributed by atoms with Gasteiger partial charge in [0.25, 0.3) is 5.91 Å². The molecule has 170 valence electrons. The predicted octanol–water partition coefficient (Wildman–Crippen LogP) is 5.20. The van der Waals surface area contributed by atoms with Crippen LogP contribution in [0.5, 0.6) is 0 Å². The fourth-order valence-corrected chi connectivity index (χ4v) is 3.20. The highest BCUT2D eigenvalue weighted by molar-refractivity contribution is 6.30. The van der Waals surface area contributed by atoms with Gasteiger partial charge in [-0.2, -0.15) is 5.10 Å². The molecule has 1 heterocycles. The smallest absolute Gasteiger partial charge is 0.307 e. The summed E-state index contributed by atoms with van der Waals surface area (Å²) in [6.07, 6.45) is 4.69. The molecule has 0 unspecified atom stereocenters. The summed E-state index contributed by atoms with van der Waals surface area (Å²) in [6, 6.07) is 21.3.